The van der Waals surface area contributed by atoms with Crippen LogP contribution in [0.25, 0.3) is 0 Å². The van der Waals surface area contributed by atoms with Crippen LogP contribution in [0.2, 0.25) is 5.02 Å². The molecule has 190 valence electrons. The Kier molecular flexibility index (Phi) is 7.65. The summed E-state index contributed by atoms with van der Waals surface area (Å²) in [6.07, 6.45) is 0.689. The largest absolute Gasteiger partial charge is 0.495 e. The molecule has 1 heterocycles. The van der Waals surface area contributed by atoms with Crippen LogP contribution in [0.5, 0.6) is 11.5 Å². The summed E-state index contributed by atoms with van der Waals surface area (Å²) in [6.45, 7) is 10.6. The SMILES string of the molecule is Cc1c(COc2cc(OCc3cccc(C#N)c3)c(C=O)cc2Cl)cccc1B1OC(C)(C)C(C)(C)O1. The zero-order valence-corrected chi connectivity index (χ0v) is 22.4. The number of aldehydes is 1. The number of ether oxygens (including phenoxy) is 2. The van der Waals surface area contributed by atoms with Crippen LogP contribution in [0, 0.1) is 18.3 Å². The van der Waals surface area contributed by atoms with Crippen LogP contribution < -0.4 is 14.9 Å². The Morgan fingerprint density at radius 1 is 0.973 bits per heavy atom. The molecule has 6 nitrogen and oxygen atoms in total. The van der Waals surface area contributed by atoms with Crippen molar-refractivity contribution in [2.24, 2.45) is 0 Å². The number of carbonyl (C=O) groups excluding carboxylic acids is 1. The summed E-state index contributed by atoms with van der Waals surface area (Å²) in [4.78, 5) is 11.6. The highest BCUT2D eigenvalue weighted by Gasteiger charge is 2.52. The van der Waals surface area contributed by atoms with E-state index in [9.17, 15) is 4.79 Å². The molecule has 1 aliphatic rings. The van der Waals surface area contributed by atoms with E-state index in [1.54, 1.807) is 24.3 Å². The van der Waals surface area contributed by atoms with Gasteiger partial charge in [0.1, 0.15) is 24.7 Å². The van der Waals surface area contributed by atoms with Crippen LogP contribution in [0.3, 0.4) is 0 Å². The van der Waals surface area contributed by atoms with Gasteiger partial charge in [-0.15, -0.1) is 0 Å². The zero-order chi connectivity index (χ0) is 26.8. The number of hydrogen-bond acceptors (Lipinski definition) is 6. The first-order valence-corrected chi connectivity index (χ1v) is 12.4. The number of rotatable bonds is 8. The molecule has 0 radical (unpaired) electrons. The van der Waals surface area contributed by atoms with Crippen molar-refractivity contribution in [3.05, 3.63) is 87.4 Å². The number of nitriles is 1. The fourth-order valence-electron chi connectivity index (χ4n) is 4.01. The van der Waals surface area contributed by atoms with Crippen LogP contribution in [-0.2, 0) is 22.5 Å². The molecule has 0 saturated carbocycles. The van der Waals surface area contributed by atoms with Gasteiger partial charge in [0, 0.05) is 6.07 Å². The molecular weight excluding hydrogens is 489 g/mol. The molecule has 1 saturated heterocycles. The van der Waals surface area contributed by atoms with Crippen LogP contribution in [0.1, 0.15) is 60.3 Å². The Bertz CT molecular complexity index is 1350. The highest BCUT2D eigenvalue weighted by atomic mass is 35.5. The number of benzene rings is 3. The summed E-state index contributed by atoms with van der Waals surface area (Å²) >= 11 is 6.43. The van der Waals surface area contributed by atoms with Crippen LogP contribution in [-0.4, -0.2) is 24.6 Å². The third-order valence-electron chi connectivity index (χ3n) is 7.02. The highest BCUT2D eigenvalue weighted by molar-refractivity contribution is 6.62. The topological polar surface area (TPSA) is 77.8 Å². The molecule has 0 N–H and O–H groups in total. The molecule has 37 heavy (non-hydrogen) atoms. The molecule has 0 bridgehead atoms. The summed E-state index contributed by atoms with van der Waals surface area (Å²) in [6, 6.07) is 18.3. The van der Waals surface area contributed by atoms with Crippen molar-refractivity contribution in [3.63, 3.8) is 0 Å². The third kappa shape index (κ3) is 5.67. The van der Waals surface area contributed by atoms with Gasteiger partial charge in [0.2, 0.25) is 0 Å². The standard InChI is InChI=1S/C29H29BClNO5/c1-19-22(10-7-11-24(19)30-36-28(2,3)29(4,5)37-30)18-35-27-14-26(23(16-33)13-25(27)31)34-17-21-9-6-8-20(12-21)15-32/h6-14,16H,17-18H2,1-5H3. The molecule has 0 amide bonds. The maximum absolute atomic E-state index is 11.6. The average Bonchev–Trinajstić information content (AvgIpc) is 3.09. The maximum Gasteiger partial charge on any atom is 0.495 e. The fourth-order valence-corrected chi connectivity index (χ4v) is 4.24. The van der Waals surface area contributed by atoms with E-state index < -0.39 is 18.3 Å². The van der Waals surface area contributed by atoms with Crippen molar-refractivity contribution in [1.29, 1.82) is 5.26 Å². The average molecular weight is 518 g/mol. The van der Waals surface area contributed by atoms with Crippen LogP contribution >= 0.6 is 11.6 Å². The minimum atomic E-state index is -0.472. The third-order valence-corrected chi connectivity index (χ3v) is 7.32. The lowest BCUT2D eigenvalue weighted by Gasteiger charge is -2.32. The van der Waals surface area contributed by atoms with Crippen molar-refractivity contribution >= 4 is 30.5 Å². The summed E-state index contributed by atoms with van der Waals surface area (Å²) in [7, 11) is -0.472. The number of nitrogens with zero attached hydrogens (tertiary/aromatic N) is 1. The molecule has 8 heteroatoms. The zero-order valence-electron chi connectivity index (χ0n) is 21.6. The van der Waals surface area contributed by atoms with E-state index in [2.05, 4.69) is 6.07 Å². The van der Waals surface area contributed by atoms with Crippen molar-refractivity contribution < 1.29 is 23.6 Å². The second-order valence-electron chi connectivity index (χ2n) is 10.0. The van der Waals surface area contributed by atoms with Crippen molar-refractivity contribution in [1.82, 2.24) is 0 Å². The van der Waals surface area contributed by atoms with Crippen molar-refractivity contribution in [2.75, 3.05) is 0 Å². The molecule has 0 atom stereocenters. The van der Waals surface area contributed by atoms with Crippen molar-refractivity contribution in [3.8, 4) is 17.6 Å². The lowest BCUT2D eigenvalue weighted by Crippen LogP contribution is -2.41. The van der Waals surface area contributed by atoms with E-state index in [1.807, 2.05) is 58.9 Å². The monoisotopic (exact) mass is 517 g/mol. The van der Waals surface area contributed by atoms with Gasteiger partial charge in [-0.3, -0.25) is 4.79 Å². The van der Waals surface area contributed by atoms with Crippen LogP contribution in [0.4, 0.5) is 0 Å². The normalized spacial score (nSPS) is 15.8. The number of halogens is 1. The van der Waals surface area contributed by atoms with Gasteiger partial charge in [0.25, 0.3) is 0 Å². The molecule has 0 spiro atoms. The second kappa shape index (κ2) is 10.6. The van der Waals surface area contributed by atoms with E-state index >= 15 is 0 Å². The van der Waals surface area contributed by atoms with Crippen molar-refractivity contribution in [2.45, 2.75) is 59.0 Å². The smallest absolute Gasteiger partial charge is 0.488 e. The minimum absolute atomic E-state index is 0.187. The van der Waals surface area contributed by atoms with E-state index in [1.165, 1.54) is 6.07 Å². The molecule has 1 aliphatic heterocycles. The van der Waals surface area contributed by atoms with Gasteiger partial charge >= 0.3 is 7.12 Å². The van der Waals surface area contributed by atoms with Gasteiger partial charge in [0.15, 0.2) is 6.29 Å². The molecule has 0 aromatic heterocycles. The van der Waals surface area contributed by atoms with Gasteiger partial charge < -0.3 is 18.8 Å². The van der Waals surface area contributed by atoms with Gasteiger partial charge in [-0.25, -0.2) is 0 Å². The molecule has 0 aliphatic carbocycles. The molecular formula is C29H29BClNO5. The van der Waals surface area contributed by atoms with Gasteiger partial charge in [-0.05, 0) is 75.0 Å². The Labute approximate surface area is 223 Å². The summed E-state index contributed by atoms with van der Waals surface area (Å²) < 4.78 is 24.4. The van der Waals surface area contributed by atoms with E-state index in [0.717, 1.165) is 22.2 Å². The predicted octanol–water partition coefficient (Wildman–Crippen LogP) is 5.79. The first-order valence-electron chi connectivity index (χ1n) is 12.0. The Morgan fingerprint density at radius 2 is 1.65 bits per heavy atom. The summed E-state index contributed by atoms with van der Waals surface area (Å²) in [5.74, 6) is 0.743. The highest BCUT2D eigenvalue weighted by Crippen LogP contribution is 2.37. The molecule has 3 aromatic rings. The van der Waals surface area contributed by atoms with E-state index in [4.69, 9.17) is 35.6 Å². The Balaban J connectivity index is 1.51. The molecule has 1 fully saturated rings. The lowest BCUT2D eigenvalue weighted by molar-refractivity contribution is 0.00578. The fraction of sp³-hybridized carbons (Fsp3) is 0.310. The summed E-state index contributed by atoms with van der Waals surface area (Å²) in [5.41, 5.74) is 3.71. The quantitative estimate of drug-likeness (QED) is 0.278. The Hall–Kier alpha value is -3.31. The van der Waals surface area contributed by atoms with Gasteiger partial charge in [-0.2, -0.15) is 5.26 Å². The predicted molar refractivity (Wildman–Crippen MR) is 144 cm³/mol. The molecule has 4 rings (SSSR count). The first-order chi connectivity index (χ1) is 17.5. The maximum atomic E-state index is 11.6. The second-order valence-corrected chi connectivity index (χ2v) is 10.5. The van der Waals surface area contributed by atoms with Crippen LogP contribution in [0.15, 0.2) is 54.6 Å². The first kappa shape index (κ1) is 26.7. The van der Waals surface area contributed by atoms with Gasteiger partial charge in [0.05, 0.1) is 33.4 Å². The number of hydrogen-bond donors (Lipinski definition) is 0. The lowest BCUT2D eigenvalue weighted by atomic mass is 9.75. The summed E-state index contributed by atoms with van der Waals surface area (Å²) in [5, 5.41) is 9.42. The van der Waals surface area contributed by atoms with E-state index in [-0.39, 0.29) is 13.2 Å². The molecule has 0 unspecified atom stereocenters. The van der Waals surface area contributed by atoms with E-state index in [0.29, 0.717) is 33.9 Å². The van der Waals surface area contributed by atoms with Gasteiger partial charge in [-0.1, -0.05) is 41.9 Å². The Morgan fingerprint density at radius 3 is 2.32 bits per heavy atom. The molecule has 3 aromatic carbocycles. The number of carbonyl (C=O) groups is 1. The minimum Gasteiger partial charge on any atom is -0.488 e.